The van der Waals surface area contributed by atoms with Gasteiger partial charge >= 0.3 is 0 Å². The number of rotatable bonds is 7. The average molecular weight is 355 g/mol. The number of aryl methyl sites for hydroxylation is 2. The number of nitrogens with one attached hydrogen (secondary N) is 2. The molecule has 2 N–H and O–H groups in total. The summed E-state index contributed by atoms with van der Waals surface area (Å²) in [6.07, 6.45) is 2.00. The summed E-state index contributed by atoms with van der Waals surface area (Å²) >= 11 is 3.33. The van der Waals surface area contributed by atoms with Crippen LogP contribution in [0, 0.1) is 13.8 Å². The second kappa shape index (κ2) is 8.82. The minimum atomic E-state index is -0.176. The number of hydrogen-bond donors (Lipinski definition) is 2. The van der Waals surface area contributed by atoms with Crippen LogP contribution >= 0.6 is 15.9 Å². The number of amides is 2. The maximum absolute atomic E-state index is 11.8. The van der Waals surface area contributed by atoms with Crippen LogP contribution in [-0.4, -0.2) is 23.2 Å². The third kappa shape index (κ3) is 6.29. The van der Waals surface area contributed by atoms with E-state index in [1.54, 1.807) is 0 Å². The van der Waals surface area contributed by atoms with Crippen molar-refractivity contribution in [3.63, 3.8) is 0 Å². The van der Waals surface area contributed by atoms with E-state index < -0.39 is 0 Å². The molecule has 0 aromatic heterocycles. The van der Waals surface area contributed by atoms with E-state index in [1.165, 1.54) is 5.56 Å². The number of halogens is 1. The first-order valence-electron chi connectivity index (χ1n) is 7.23. The molecule has 0 saturated heterocycles. The predicted octanol–water partition coefficient (Wildman–Crippen LogP) is 3.31. The van der Waals surface area contributed by atoms with E-state index in [2.05, 4.69) is 26.6 Å². The number of benzene rings is 1. The van der Waals surface area contributed by atoms with Gasteiger partial charge in [-0.15, -0.1) is 0 Å². The number of hydrogen-bond acceptors (Lipinski definition) is 2. The Bertz CT molecular complexity index is 503. The number of anilines is 1. The molecule has 0 radical (unpaired) electrons. The van der Waals surface area contributed by atoms with E-state index in [0.29, 0.717) is 6.54 Å². The molecule has 0 unspecified atom stereocenters. The smallest absolute Gasteiger partial charge is 0.233 e. The van der Waals surface area contributed by atoms with E-state index in [-0.39, 0.29) is 23.1 Å². The van der Waals surface area contributed by atoms with E-state index in [1.807, 2.05) is 39.0 Å². The number of alkyl halides is 1. The van der Waals surface area contributed by atoms with Crippen molar-refractivity contribution in [1.82, 2.24) is 5.32 Å². The van der Waals surface area contributed by atoms with Gasteiger partial charge in [-0.25, -0.2) is 0 Å². The van der Waals surface area contributed by atoms with Crippen LogP contribution in [0.3, 0.4) is 0 Å². The molecule has 0 saturated carbocycles. The van der Waals surface area contributed by atoms with Gasteiger partial charge in [0, 0.05) is 18.7 Å². The van der Waals surface area contributed by atoms with Gasteiger partial charge in [0.05, 0.1) is 4.83 Å². The summed E-state index contributed by atoms with van der Waals surface area (Å²) in [6.45, 7) is 6.42. The van der Waals surface area contributed by atoms with Crippen LogP contribution in [-0.2, 0) is 9.59 Å². The molecule has 5 heteroatoms. The van der Waals surface area contributed by atoms with Crippen molar-refractivity contribution >= 4 is 33.4 Å². The molecule has 2 amide bonds. The van der Waals surface area contributed by atoms with E-state index in [4.69, 9.17) is 0 Å². The second-order valence-corrected chi connectivity index (χ2v) is 6.25. The molecule has 0 fully saturated rings. The third-order valence-electron chi connectivity index (χ3n) is 3.27. The molecule has 1 atom stereocenters. The zero-order valence-electron chi connectivity index (χ0n) is 12.8. The zero-order chi connectivity index (χ0) is 15.8. The lowest BCUT2D eigenvalue weighted by Crippen LogP contribution is -2.33. The lowest BCUT2D eigenvalue weighted by Gasteiger charge is -2.10. The van der Waals surface area contributed by atoms with E-state index in [0.717, 1.165) is 24.1 Å². The first-order valence-corrected chi connectivity index (χ1v) is 8.14. The SMILES string of the molecule is CCC[C@H](Br)C(=O)NCCC(=O)Nc1ccc(C)c(C)c1. The summed E-state index contributed by atoms with van der Waals surface area (Å²) in [7, 11) is 0. The van der Waals surface area contributed by atoms with Crippen LogP contribution in [0.4, 0.5) is 5.69 Å². The highest BCUT2D eigenvalue weighted by Crippen LogP contribution is 2.14. The third-order valence-corrected chi connectivity index (χ3v) is 4.14. The Morgan fingerprint density at radius 3 is 2.57 bits per heavy atom. The van der Waals surface area contributed by atoms with E-state index in [9.17, 15) is 9.59 Å². The highest BCUT2D eigenvalue weighted by Gasteiger charge is 2.13. The minimum absolute atomic E-state index is 0.0594. The molecule has 1 aromatic rings. The lowest BCUT2D eigenvalue weighted by atomic mass is 10.1. The molecule has 0 spiro atoms. The Morgan fingerprint density at radius 2 is 1.95 bits per heavy atom. The highest BCUT2D eigenvalue weighted by atomic mass is 79.9. The van der Waals surface area contributed by atoms with Crippen LogP contribution in [0.25, 0.3) is 0 Å². The van der Waals surface area contributed by atoms with Crippen molar-refractivity contribution in [2.75, 3.05) is 11.9 Å². The van der Waals surface area contributed by atoms with Crippen LogP contribution in [0.15, 0.2) is 18.2 Å². The molecule has 0 aliphatic rings. The minimum Gasteiger partial charge on any atom is -0.355 e. The Morgan fingerprint density at radius 1 is 1.24 bits per heavy atom. The van der Waals surface area contributed by atoms with Gasteiger partial charge in [-0.05, 0) is 43.5 Å². The Kier molecular flexibility index (Phi) is 7.43. The molecule has 1 aromatic carbocycles. The van der Waals surface area contributed by atoms with Gasteiger partial charge in [-0.3, -0.25) is 9.59 Å². The fraction of sp³-hybridized carbons (Fsp3) is 0.500. The van der Waals surface area contributed by atoms with Gasteiger partial charge in [0.15, 0.2) is 0 Å². The monoisotopic (exact) mass is 354 g/mol. The lowest BCUT2D eigenvalue weighted by molar-refractivity contribution is -0.120. The Labute approximate surface area is 134 Å². The largest absolute Gasteiger partial charge is 0.355 e. The highest BCUT2D eigenvalue weighted by molar-refractivity contribution is 9.10. The molecule has 0 bridgehead atoms. The van der Waals surface area contributed by atoms with Crippen LogP contribution < -0.4 is 10.6 Å². The summed E-state index contributed by atoms with van der Waals surface area (Å²) in [5.41, 5.74) is 3.13. The zero-order valence-corrected chi connectivity index (χ0v) is 14.4. The van der Waals surface area contributed by atoms with Crippen LogP contribution in [0.2, 0.25) is 0 Å². The maximum Gasteiger partial charge on any atom is 0.233 e. The number of carbonyl (C=O) groups excluding carboxylic acids is 2. The first kappa shape index (κ1) is 17.7. The molecule has 0 aliphatic heterocycles. The molecule has 0 aliphatic carbocycles. The van der Waals surface area contributed by atoms with Crippen molar-refractivity contribution in [1.29, 1.82) is 0 Å². The summed E-state index contributed by atoms with van der Waals surface area (Å²) in [5, 5.41) is 5.59. The van der Waals surface area contributed by atoms with Gasteiger partial charge in [0.25, 0.3) is 0 Å². The summed E-state index contributed by atoms with van der Waals surface area (Å²) in [4.78, 5) is 23.3. The molecule has 21 heavy (non-hydrogen) atoms. The second-order valence-electron chi connectivity index (χ2n) is 5.14. The normalized spacial score (nSPS) is 11.8. The standard InChI is InChI=1S/C16H23BrN2O2/c1-4-5-14(17)16(21)18-9-8-15(20)19-13-7-6-11(2)12(3)10-13/h6-7,10,14H,4-5,8-9H2,1-3H3,(H,18,21)(H,19,20)/t14-/m0/s1. The first-order chi connectivity index (χ1) is 9.93. The molecular weight excluding hydrogens is 332 g/mol. The van der Waals surface area contributed by atoms with Crippen molar-refractivity contribution in [2.24, 2.45) is 0 Å². The molecule has 4 nitrogen and oxygen atoms in total. The Balaban J connectivity index is 2.34. The number of carbonyl (C=O) groups is 2. The van der Waals surface area contributed by atoms with E-state index >= 15 is 0 Å². The fourth-order valence-electron chi connectivity index (χ4n) is 1.84. The molecule has 116 valence electrons. The molecule has 0 heterocycles. The topological polar surface area (TPSA) is 58.2 Å². The summed E-state index contributed by atoms with van der Waals surface area (Å²) < 4.78 is 0. The van der Waals surface area contributed by atoms with Crippen molar-refractivity contribution in [3.8, 4) is 0 Å². The molecule has 1 rings (SSSR count). The van der Waals surface area contributed by atoms with Gasteiger partial charge in [0.1, 0.15) is 0 Å². The van der Waals surface area contributed by atoms with Gasteiger partial charge in [0.2, 0.25) is 11.8 Å². The predicted molar refractivity (Wildman–Crippen MR) is 89.8 cm³/mol. The Hall–Kier alpha value is -1.36. The summed E-state index contributed by atoms with van der Waals surface area (Å²) in [5.74, 6) is -0.156. The van der Waals surface area contributed by atoms with Crippen molar-refractivity contribution < 1.29 is 9.59 Å². The van der Waals surface area contributed by atoms with Gasteiger partial charge in [-0.2, -0.15) is 0 Å². The quantitative estimate of drug-likeness (QED) is 0.738. The average Bonchev–Trinajstić information content (AvgIpc) is 2.43. The van der Waals surface area contributed by atoms with Crippen LogP contribution in [0.1, 0.15) is 37.3 Å². The van der Waals surface area contributed by atoms with Gasteiger partial charge in [-0.1, -0.05) is 35.3 Å². The maximum atomic E-state index is 11.8. The van der Waals surface area contributed by atoms with Gasteiger partial charge < -0.3 is 10.6 Å². The fourth-order valence-corrected chi connectivity index (χ4v) is 2.46. The van der Waals surface area contributed by atoms with Crippen LogP contribution in [0.5, 0.6) is 0 Å². The van der Waals surface area contributed by atoms with Crippen molar-refractivity contribution in [2.45, 2.75) is 44.9 Å². The summed E-state index contributed by atoms with van der Waals surface area (Å²) in [6, 6.07) is 5.81. The van der Waals surface area contributed by atoms with Crippen molar-refractivity contribution in [3.05, 3.63) is 29.3 Å². The molecular formula is C16H23BrN2O2.